The molecule has 0 aliphatic rings. The fourth-order valence-corrected chi connectivity index (χ4v) is 1.27. The van der Waals surface area contributed by atoms with Crippen LogP contribution < -0.4 is 11.1 Å². The minimum absolute atomic E-state index is 0.0436. The van der Waals surface area contributed by atoms with E-state index in [1.165, 1.54) is 12.1 Å². The smallest absolute Gasteiger partial charge is 0.312 e. The summed E-state index contributed by atoms with van der Waals surface area (Å²) in [5.41, 5.74) is 5.93. The third-order valence-corrected chi connectivity index (χ3v) is 1.84. The van der Waals surface area contributed by atoms with Gasteiger partial charge in [-0.2, -0.15) is 0 Å². The molecule has 0 fully saturated rings. The van der Waals surface area contributed by atoms with Gasteiger partial charge >= 0.3 is 6.03 Å². The molecule has 3 nitrogen and oxygen atoms in total. The normalized spacial score (nSPS) is 12.1. The zero-order chi connectivity index (χ0) is 10.6. The molecule has 76 valence electrons. The zero-order valence-corrected chi connectivity index (χ0v) is 7.96. The molecule has 3 N–H and O–H groups in total. The molecule has 4 heteroatoms. The van der Waals surface area contributed by atoms with Crippen molar-refractivity contribution in [3.63, 3.8) is 0 Å². The van der Waals surface area contributed by atoms with Gasteiger partial charge in [-0.1, -0.05) is 12.1 Å². The molecule has 1 aromatic rings. The van der Waals surface area contributed by atoms with E-state index in [1.54, 1.807) is 12.1 Å². The first-order valence-corrected chi connectivity index (χ1v) is 4.38. The molecule has 0 heterocycles. The summed E-state index contributed by atoms with van der Waals surface area (Å²) in [4.78, 5) is 10.5. The Labute approximate surface area is 82.1 Å². The van der Waals surface area contributed by atoms with E-state index in [4.69, 9.17) is 5.73 Å². The monoisotopic (exact) mass is 196 g/mol. The molecule has 14 heavy (non-hydrogen) atoms. The van der Waals surface area contributed by atoms with Crippen molar-refractivity contribution in [3.8, 4) is 0 Å². The maximum absolute atomic E-state index is 12.5. The van der Waals surface area contributed by atoms with Crippen molar-refractivity contribution in [2.75, 3.05) is 0 Å². The Balaban J connectivity index is 2.51. The second kappa shape index (κ2) is 4.60. The third-order valence-electron chi connectivity index (χ3n) is 1.84. The van der Waals surface area contributed by atoms with Crippen LogP contribution in [0, 0.1) is 5.82 Å². The first-order chi connectivity index (χ1) is 6.58. The molecule has 0 aliphatic carbocycles. The quantitative estimate of drug-likeness (QED) is 0.754. The van der Waals surface area contributed by atoms with Crippen molar-refractivity contribution in [1.29, 1.82) is 0 Å². The lowest BCUT2D eigenvalue weighted by Crippen LogP contribution is -2.37. The second-order valence-corrected chi connectivity index (χ2v) is 3.24. The summed E-state index contributed by atoms with van der Waals surface area (Å²) in [6.45, 7) is 1.84. The molecular formula is C10H13FN2O. The van der Waals surface area contributed by atoms with E-state index >= 15 is 0 Å². The predicted octanol–water partition coefficient (Wildman–Crippen LogP) is 1.43. The molecule has 2 amide bonds. The number of carbonyl (C=O) groups excluding carboxylic acids is 1. The molecule has 1 atom stereocenters. The van der Waals surface area contributed by atoms with Crippen molar-refractivity contribution < 1.29 is 9.18 Å². The van der Waals surface area contributed by atoms with Gasteiger partial charge < -0.3 is 11.1 Å². The number of amides is 2. The lowest BCUT2D eigenvalue weighted by molar-refractivity contribution is 0.246. The van der Waals surface area contributed by atoms with Crippen LogP contribution in [-0.2, 0) is 6.42 Å². The molecule has 0 aromatic heterocycles. The highest BCUT2D eigenvalue weighted by molar-refractivity contribution is 5.71. The topological polar surface area (TPSA) is 55.1 Å². The highest BCUT2D eigenvalue weighted by Gasteiger charge is 2.04. The van der Waals surface area contributed by atoms with Gasteiger partial charge in [0.1, 0.15) is 5.82 Å². The van der Waals surface area contributed by atoms with Crippen LogP contribution >= 0.6 is 0 Å². The minimum Gasteiger partial charge on any atom is -0.352 e. The number of hydrogen-bond donors (Lipinski definition) is 2. The van der Waals surface area contributed by atoms with Crippen molar-refractivity contribution in [2.24, 2.45) is 5.73 Å². The van der Waals surface area contributed by atoms with Crippen LogP contribution in [0.5, 0.6) is 0 Å². The Bertz CT molecular complexity index is 310. The lowest BCUT2D eigenvalue weighted by atomic mass is 10.1. The number of benzene rings is 1. The Morgan fingerprint density at radius 1 is 1.50 bits per heavy atom. The number of nitrogens with two attached hydrogens (primary N) is 1. The van der Waals surface area contributed by atoms with Gasteiger partial charge in [-0.3, -0.25) is 0 Å². The van der Waals surface area contributed by atoms with Crippen LogP contribution in [0.15, 0.2) is 24.3 Å². The summed E-state index contributed by atoms with van der Waals surface area (Å²) in [5.74, 6) is -0.260. The fourth-order valence-electron chi connectivity index (χ4n) is 1.27. The van der Waals surface area contributed by atoms with Crippen LogP contribution in [0.1, 0.15) is 12.5 Å². The number of primary amides is 1. The van der Waals surface area contributed by atoms with Crippen molar-refractivity contribution >= 4 is 6.03 Å². The van der Waals surface area contributed by atoms with E-state index in [2.05, 4.69) is 5.32 Å². The highest BCUT2D eigenvalue weighted by Crippen LogP contribution is 2.05. The summed E-state index contributed by atoms with van der Waals surface area (Å²) in [6.07, 6.45) is 0.642. The molecule has 0 saturated carbocycles. The third kappa shape index (κ3) is 3.43. The molecule has 1 unspecified atom stereocenters. The number of hydrogen-bond acceptors (Lipinski definition) is 1. The average Bonchev–Trinajstić information content (AvgIpc) is 2.07. The van der Waals surface area contributed by atoms with Gasteiger partial charge in [0.05, 0.1) is 0 Å². The van der Waals surface area contributed by atoms with Gasteiger partial charge in [-0.25, -0.2) is 9.18 Å². The number of nitrogens with one attached hydrogen (secondary N) is 1. The van der Waals surface area contributed by atoms with Gasteiger partial charge in [0.15, 0.2) is 0 Å². The molecule has 0 aliphatic heterocycles. The molecule has 0 radical (unpaired) electrons. The van der Waals surface area contributed by atoms with Crippen molar-refractivity contribution in [1.82, 2.24) is 5.32 Å². The SMILES string of the molecule is CC(Cc1ccc(F)cc1)NC(N)=O. The lowest BCUT2D eigenvalue weighted by Gasteiger charge is -2.11. The van der Waals surface area contributed by atoms with Crippen LogP contribution in [0.2, 0.25) is 0 Å². The predicted molar refractivity (Wildman–Crippen MR) is 52.3 cm³/mol. The Kier molecular flexibility index (Phi) is 3.45. The van der Waals surface area contributed by atoms with E-state index in [1.807, 2.05) is 6.92 Å². The van der Waals surface area contributed by atoms with E-state index in [0.717, 1.165) is 5.56 Å². The molecule has 1 rings (SSSR count). The molecule has 1 aromatic carbocycles. The van der Waals surface area contributed by atoms with E-state index in [-0.39, 0.29) is 11.9 Å². The first kappa shape index (κ1) is 10.5. The first-order valence-electron chi connectivity index (χ1n) is 4.38. The van der Waals surface area contributed by atoms with Gasteiger partial charge in [0, 0.05) is 6.04 Å². The van der Waals surface area contributed by atoms with Crippen LogP contribution in [-0.4, -0.2) is 12.1 Å². The summed E-state index contributed by atoms with van der Waals surface area (Å²) in [7, 11) is 0. The van der Waals surface area contributed by atoms with Gasteiger partial charge in [-0.05, 0) is 31.0 Å². The maximum Gasteiger partial charge on any atom is 0.312 e. The molecule has 0 bridgehead atoms. The van der Waals surface area contributed by atoms with Gasteiger partial charge in [0.2, 0.25) is 0 Å². The maximum atomic E-state index is 12.5. The largest absolute Gasteiger partial charge is 0.352 e. The van der Waals surface area contributed by atoms with Crippen LogP contribution in [0.25, 0.3) is 0 Å². The average molecular weight is 196 g/mol. The van der Waals surface area contributed by atoms with E-state index in [9.17, 15) is 9.18 Å². The van der Waals surface area contributed by atoms with E-state index in [0.29, 0.717) is 6.42 Å². The van der Waals surface area contributed by atoms with Gasteiger partial charge in [0.25, 0.3) is 0 Å². The standard InChI is InChI=1S/C10H13FN2O/c1-7(13-10(12)14)6-8-2-4-9(11)5-3-8/h2-5,7H,6H2,1H3,(H3,12,13,14). The van der Waals surface area contributed by atoms with Crippen molar-refractivity contribution in [3.05, 3.63) is 35.6 Å². The summed E-state index contributed by atoms with van der Waals surface area (Å²) < 4.78 is 12.5. The zero-order valence-electron chi connectivity index (χ0n) is 7.96. The minimum atomic E-state index is -0.542. The van der Waals surface area contributed by atoms with Gasteiger partial charge in [-0.15, -0.1) is 0 Å². The molecule has 0 spiro atoms. The number of halogens is 1. The summed E-state index contributed by atoms with van der Waals surface area (Å²) >= 11 is 0. The fraction of sp³-hybridized carbons (Fsp3) is 0.300. The Morgan fingerprint density at radius 3 is 2.57 bits per heavy atom. The second-order valence-electron chi connectivity index (χ2n) is 3.24. The highest BCUT2D eigenvalue weighted by atomic mass is 19.1. The summed E-state index contributed by atoms with van der Waals surface area (Å²) in [6, 6.07) is 5.58. The summed E-state index contributed by atoms with van der Waals surface area (Å²) in [5, 5.41) is 2.55. The number of carbonyl (C=O) groups is 1. The van der Waals surface area contributed by atoms with E-state index < -0.39 is 6.03 Å². The molecule has 0 saturated heterocycles. The van der Waals surface area contributed by atoms with Crippen LogP contribution in [0.4, 0.5) is 9.18 Å². The Morgan fingerprint density at radius 2 is 2.07 bits per heavy atom. The number of urea groups is 1. The van der Waals surface area contributed by atoms with Crippen molar-refractivity contribution in [2.45, 2.75) is 19.4 Å². The Hall–Kier alpha value is -1.58. The number of rotatable bonds is 3. The van der Waals surface area contributed by atoms with Crippen LogP contribution in [0.3, 0.4) is 0 Å². The molecular weight excluding hydrogens is 183 g/mol.